The van der Waals surface area contributed by atoms with Gasteiger partial charge in [-0.05, 0) is 18.2 Å². The Morgan fingerprint density at radius 2 is 2.22 bits per heavy atom. The number of anilines is 2. The van der Waals surface area contributed by atoms with Crippen LogP contribution in [0.2, 0.25) is 0 Å². The Labute approximate surface area is 110 Å². The highest BCUT2D eigenvalue weighted by Gasteiger charge is 2.03. The van der Waals surface area contributed by atoms with Gasteiger partial charge in [-0.1, -0.05) is 11.3 Å². The summed E-state index contributed by atoms with van der Waals surface area (Å²) in [4.78, 5) is 4.46. The lowest BCUT2D eigenvalue weighted by Crippen LogP contribution is -2.11. The highest BCUT2D eigenvalue weighted by atomic mass is 32.1. The van der Waals surface area contributed by atoms with Crippen molar-refractivity contribution in [1.29, 1.82) is 0 Å². The number of nitrogens with two attached hydrogens (primary N) is 1. The average Bonchev–Trinajstić information content (AvgIpc) is 2.75. The number of nitrogens with one attached hydrogen (secondary N) is 1. The summed E-state index contributed by atoms with van der Waals surface area (Å²) in [6.07, 6.45) is 0. The van der Waals surface area contributed by atoms with Gasteiger partial charge in [0.1, 0.15) is 0 Å². The number of hydrogen-bond donors (Lipinski definition) is 2. The van der Waals surface area contributed by atoms with Gasteiger partial charge in [0, 0.05) is 19.3 Å². The van der Waals surface area contributed by atoms with Gasteiger partial charge in [0.25, 0.3) is 0 Å². The van der Waals surface area contributed by atoms with Gasteiger partial charge in [0.15, 0.2) is 5.13 Å². The van der Waals surface area contributed by atoms with Crippen molar-refractivity contribution in [1.82, 2.24) is 4.98 Å². The summed E-state index contributed by atoms with van der Waals surface area (Å²) in [5.74, 6) is 0. The van der Waals surface area contributed by atoms with Gasteiger partial charge < -0.3 is 20.5 Å². The fraction of sp³-hybridized carbons (Fsp3) is 0.417. The Morgan fingerprint density at radius 3 is 3.06 bits per heavy atom. The molecule has 0 bridgehead atoms. The highest BCUT2D eigenvalue weighted by molar-refractivity contribution is 7.22. The minimum absolute atomic E-state index is 0.620. The molecule has 0 spiro atoms. The minimum Gasteiger partial charge on any atom is -0.399 e. The van der Waals surface area contributed by atoms with E-state index in [1.165, 1.54) is 0 Å². The molecule has 6 heteroatoms. The average molecular weight is 267 g/mol. The minimum atomic E-state index is 0.620. The molecule has 0 aliphatic heterocycles. The van der Waals surface area contributed by atoms with E-state index in [0.29, 0.717) is 19.8 Å². The van der Waals surface area contributed by atoms with Crippen molar-refractivity contribution < 1.29 is 9.47 Å². The lowest BCUT2D eigenvalue weighted by atomic mass is 10.3. The molecule has 3 N–H and O–H groups in total. The van der Waals surface area contributed by atoms with Crippen LogP contribution in [0.25, 0.3) is 10.2 Å². The Bertz CT molecular complexity index is 501. The van der Waals surface area contributed by atoms with Gasteiger partial charge in [-0.3, -0.25) is 0 Å². The standard InChI is InChI=1S/C12H17N3O2S/c1-16-6-7-17-5-4-14-12-15-10-3-2-9(13)8-11(10)18-12/h2-3,8H,4-7,13H2,1H3,(H,14,15). The third-order valence-corrected chi connectivity index (χ3v) is 3.34. The zero-order chi connectivity index (χ0) is 12.8. The Hall–Kier alpha value is -1.37. The third-order valence-electron chi connectivity index (χ3n) is 2.37. The molecule has 0 saturated heterocycles. The van der Waals surface area contributed by atoms with E-state index in [1.807, 2.05) is 18.2 Å². The molecular formula is C12H17N3O2S. The predicted molar refractivity (Wildman–Crippen MR) is 75.2 cm³/mol. The molecule has 1 aromatic carbocycles. The summed E-state index contributed by atoms with van der Waals surface area (Å²) in [6.45, 7) is 2.62. The summed E-state index contributed by atoms with van der Waals surface area (Å²) < 4.78 is 11.3. The van der Waals surface area contributed by atoms with Gasteiger partial charge in [-0.2, -0.15) is 0 Å². The Balaban J connectivity index is 1.81. The van der Waals surface area contributed by atoms with Gasteiger partial charge in [0.05, 0.1) is 30.0 Å². The number of thiazole rings is 1. The molecule has 0 amide bonds. The summed E-state index contributed by atoms with van der Waals surface area (Å²) in [5.41, 5.74) is 7.46. The van der Waals surface area contributed by atoms with Crippen LogP contribution in [0.5, 0.6) is 0 Å². The first-order valence-corrected chi connectivity index (χ1v) is 6.58. The van der Waals surface area contributed by atoms with Crippen LogP contribution in [0.1, 0.15) is 0 Å². The van der Waals surface area contributed by atoms with Gasteiger partial charge >= 0.3 is 0 Å². The van der Waals surface area contributed by atoms with Crippen LogP contribution < -0.4 is 11.1 Å². The second-order valence-electron chi connectivity index (χ2n) is 3.78. The zero-order valence-corrected chi connectivity index (χ0v) is 11.1. The van der Waals surface area contributed by atoms with E-state index in [9.17, 15) is 0 Å². The normalized spacial score (nSPS) is 10.9. The van der Waals surface area contributed by atoms with Crippen LogP contribution in [0.3, 0.4) is 0 Å². The van der Waals surface area contributed by atoms with Crippen LogP contribution in [0, 0.1) is 0 Å². The van der Waals surface area contributed by atoms with E-state index >= 15 is 0 Å². The zero-order valence-electron chi connectivity index (χ0n) is 10.3. The monoisotopic (exact) mass is 267 g/mol. The van der Waals surface area contributed by atoms with Crippen molar-refractivity contribution >= 4 is 32.4 Å². The maximum atomic E-state index is 5.73. The molecule has 0 saturated carbocycles. The predicted octanol–water partition coefficient (Wildman–Crippen LogP) is 1.95. The number of ether oxygens (including phenoxy) is 2. The molecule has 1 heterocycles. The lowest BCUT2D eigenvalue weighted by molar-refractivity contribution is 0.0759. The molecule has 2 aromatic rings. The molecule has 0 aliphatic rings. The van der Waals surface area contributed by atoms with Crippen molar-refractivity contribution in [3.05, 3.63) is 18.2 Å². The molecule has 1 aromatic heterocycles. The molecule has 0 aliphatic carbocycles. The van der Waals surface area contributed by atoms with Crippen LogP contribution in [-0.2, 0) is 9.47 Å². The van der Waals surface area contributed by atoms with Crippen molar-refractivity contribution in [2.24, 2.45) is 0 Å². The molecule has 5 nitrogen and oxygen atoms in total. The SMILES string of the molecule is COCCOCCNc1nc2ccc(N)cc2s1. The number of methoxy groups -OCH3 is 1. The van der Waals surface area contributed by atoms with Crippen LogP contribution in [-0.4, -0.2) is 38.5 Å². The van der Waals surface area contributed by atoms with Crippen molar-refractivity contribution in [3.8, 4) is 0 Å². The topological polar surface area (TPSA) is 69.4 Å². The first-order chi connectivity index (χ1) is 8.79. The van der Waals surface area contributed by atoms with Gasteiger partial charge in [0.2, 0.25) is 0 Å². The van der Waals surface area contributed by atoms with Crippen LogP contribution >= 0.6 is 11.3 Å². The largest absolute Gasteiger partial charge is 0.399 e. The fourth-order valence-electron chi connectivity index (χ4n) is 1.49. The number of nitrogen functional groups attached to an aromatic ring is 1. The van der Waals surface area contributed by atoms with E-state index < -0.39 is 0 Å². The number of rotatable bonds is 7. The maximum absolute atomic E-state index is 5.73. The second-order valence-corrected chi connectivity index (χ2v) is 4.81. The Morgan fingerprint density at radius 1 is 1.33 bits per heavy atom. The summed E-state index contributed by atoms with van der Waals surface area (Å²) in [7, 11) is 1.66. The molecule has 0 fully saturated rings. The van der Waals surface area contributed by atoms with Crippen LogP contribution in [0.15, 0.2) is 18.2 Å². The molecule has 2 rings (SSSR count). The number of hydrogen-bond acceptors (Lipinski definition) is 6. The molecule has 0 radical (unpaired) electrons. The van der Waals surface area contributed by atoms with Crippen molar-refractivity contribution in [3.63, 3.8) is 0 Å². The first-order valence-electron chi connectivity index (χ1n) is 5.76. The molecule has 0 atom stereocenters. The highest BCUT2D eigenvalue weighted by Crippen LogP contribution is 2.27. The molecular weight excluding hydrogens is 250 g/mol. The number of nitrogens with zero attached hydrogens (tertiary/aromatic N) is 1. The maximum Gasteiger partial charge on any atom is 0.183 e. The number of fused-ring (bicyclic) bond motifs is 1. The third kappa shape index (κ3) is 3.56. The molecule has 18 heavy (non-hydrogen) atoms. The van der Waals surface area contributed by atoms with Crippen molar-refractivity contribution in [2.45, 2.75) is 0 Å². The van der Waals surface area contributed by atoms with E-state index in [0.717, 1.165) is 27.6 Å². The van der Waals surface area contributed by atoms with E-state index in [2.05, 4.69) is 10.3 Å². The summed E-state index contributed by atoms with van der Waals surface area (Å²) in [5, 5.41) is 4.13. The van der Waals surface area contributed by atoms with Crippen molar-refractivity contribution in [2.75, 3.05) is 44.5 Å². The number of benzene rings is 1. The van der Waals surface area contributed by atoms with E-state index in [4.69, 9.17) is 15.2 Å². The van der Waals surface area contributed by atoms with Gasteiger partial charge in [-0.25, -0.2) is 4.98 Å². The smallest absolute Gasteiger partial charge is 0.183 e. The quantitative estimate of drug-likeness (QED) is 0.593. The van der Waals surface area contributed by atoms with Crippen LogP contribution in [0.4, 0.5) is 10.8 Å². The molecule has 98 valence electrons. The summed E-state index contributed by atoms with van der Waals surface area (Å²) >= 11 is 1.60. The van der Waals surface area contributed by atoms with Gasteiger partial charge in [-0.15, -0.1) is 0 Å². The molecule has 0 unspecified atom stereocenters. The lowest BCUT2D eigenvalue weighted by Gasteiger charge is -2.03. The fourth-order valence-corrected chi connectivity index (χ4v) is 2.43. The second kappa shape index (κ2) is 6.53. The first kappa shape index (κ1) is 13.1. The summed E-state index contributed by atoms with van der Waals surface area (Å²) in [6, 6.07) is 5.73. The Kier molecular flexibility index (Phi) is 4.74. The van der Waals surface area contributed by atoms with E-state index in [-0.39, 0.29) is 0 Å². The van der Waals surface area contributed by atoms with E-state index in [1.54, 1.807) is 18.4 Å². The number of aromatic nitrogens is 1.